The van der Waals surface area contributed by atoms with Crippen molar-refractivity contribution in [2.75, 3.05) is 0 Å². The van der Waals surface area contributed by atoms with Crippen LogP contribution >= 0.6 is 0 Å². The summed E-state index contributed by atoms with van der Waals surface area (Å²) in [5, 5.41) is 7.99. The van der Waals surface area contributed by atoms with E-state index < -0.39 is 0 Å². The molecule has 1 aliphatic heterocycles. The molecule has 2 rings (SSSR count). The zero-order valence-corrected chi connectivity index (χ0v) is 16.9. The van der Waals surface area contributed by atoms with Gasteiger partial charge in [0.05, 0.1) is 6.20 Å². The molecule has 1 aromatic rings. The van der Waals surface area contributed by atoms with Gasteiger partial charge in [0.1, 0.15) is 0 Å². The largest absolute Gasteiger partial charge is 0.311 e. The fourth-order valence-corrected chi connectivity index (χ4v) is 2.86. The summed E-state index contributed by atoms with van der Waals surface area (Å²) < 4.78 is 2.00. The molecule has 1 aromatic heterocycles. The Bertz CT molecular complexity index is 438. The lowest BCUT2D eigenvalue weighted by molar-refractivity contribution is 0.386. The van der Waals surface area contributed by atoms with Gasteiger partial charge < -0.3 is 5.32 Å². The molecule has 0 saturated carbocycles. The molecule has 0 bridgehead atoms. The minimum Gasteiger partial charge on any atom is -0.311 e. The Labute approximate surface area is 144 Å². The van der Waals surface area contributed by atoms with Crippen LogP contribution in [0.25, 0.3) is 0 Å². The molecule has 2 atom stereocenters. The van der Waals surface area contributed by atoms with Crippen LogP contribution in [-0.4, -0.2) is 21.9 Å². The average molecular weight is 322 g/mol. The van der Waals surface area contributed by atoms with E-state index in [1.54, 1.807) is 0 Å². The van der Waals surface area contributed by atoms with Gasteiger partial charge in [-0.3, -0.25) is 4.68 Å². The Morgan fingerprint density at radius 1 is 1.00 bits per heavy atom. The van der Waals surface area contributed by atoms with E-state index in [4.69, 9.17) is 0 Å². The first-order valence-corrected chi connectivity index (χ1v) is 9.33. The van der Waals surface area contributed by atoms with Gasteiger partial charge in [-0.15, -0.1) is 0 Å². The summed E-state index contributed by atoms with van der Waals surface area (Å²) in [6.45, 7) is 20.1. The van der Waals surface area contributed by atoms with E-state index in [0.29, 0.717) is 6.04 Å². The molecule has 3 heteroatoms. The molecule has 0 spiro atoms. The summed E-state index contributed by atoms with van der Waals surface area (Å²) in [7, 11) is 0. The van der Waals surface area contributed by atoms with Crippen molar-refractivity contribution in [1.82, 2.24) is 15.1 Å². The Morgan fingerprint density at radius 2 is 1.48 bits per heavy atom. The predicted molar refractivity (Wildman–Crippen MR) is 101 cm³/mol. The van der Waals surface area contributed by atoms with Crippen molar-refractivity contribution in [3.05, 3.63) is 18.0 Å². The number of hydrogen-bond acceptors (Lipinski definition) is 2. The summed E-state index contributed by atoms with van der Waals surface area (Å²) in [4.78, 5) is 0. The molecule has 3 nitrogen and oxygen atoms in total. The van der Waals surface area contributed by atoms with Crippen LogP contribution < -0.4 is 5.32 Å². The van der Waals surface area contributed by atoms with Gasteiger partial charge in [0.2, 0.25) is 0 Å². The van der Waals surface area contributed by atoms with E-state index in [-0.39, 0.29) is 5.41 Å². The fraction of sp³-hybridized carbons (Fsp3) is 0.850. The van der Waals surface area contributed by atoms with Crippen molar-refractivity contribution in [1.29, 1.82) is 0 Å². The van der Waals surface area contributed by atoms with Crippen LogP contribution in [0, 0.1) is 11.8 Å². The Hall–Kier alpha value is -0.830. The summed E-state index contributed by atoms with van der Waals surface area (Å²) in [5.74, 6) is 1.61. The minimum absolute atomic E-state index is 0.215. The highest BCUT2D eigenvalue weighted by Gasteiger charge is 2.27. The van der Waals surface area contributed by atoms with Gasteiger partial charge in [-0.1, -0.05) is 48.5 Å². The molecule has 1 aliphatic rings. The highest BCUT2D eigenvalue weighted by Crippen LogP contribution is 2.23. The van der Waals surface area contributed by atoms with Crippen LogP contribution in [0.2, 0.25) is 0 Å². The summed E-state index contributed by atoms with van der Waals surface area (Å²) >= 11 is 0. The maximum atomic E-state index is 4.30. The molecular formula is C20H39N3. The maximum absolute atomic E-state index is 4.30. The molecule has 1 N–H and O–H groups in total. The third kappa shape index (κ3) is 6.29. The number of nitrogens with one attached hydrogen (secondary N) is 1. The number of rotatable bonds is 3. The molecule has 1 fully saturated rings. The van der Waals surface area contributed by atoms with Gasteiger partial charge in [0.25, 0.3) is 0 Å². The minimum atomic E-state index is 0.215. The molecule has 2 unspecified atom stereocenters. The van der Waals surface area contributed by atoms with E-state index in [1.165, 1.54) is 18.4 Å². The highest BCUT2D eigenvalue weighted by atomic mass is 15.3. The van der Waals surface area contributed by atoms with Crippen molar-refractivity contribution in [2.24, 2.45) is 11.8 Å². The fourth-order valence-electron chi connectivity index (χ4n) is 2.86. The third-order valence-corrected chi connectivity index (χ3v) is 4.82. The van der Waals surface area contributed by atoms with Gasteiger partial charge in [0.15, 0.2) is 0 Å². The smallest absolute Gasteiger partial charge is 0.0527 e. The molecule has 134 valence electrons. The third-order valence-electron chi connectivity index (χ3n) is 4.82. The van der Waals surface area contributed by atoms with Crippen LogP contribution in [0.5, 0.6) is 0 Å². The first kappa shape index (κ1) is 20.2. The molecule has 2 heterocycles. The number of hydrogen-bond donors (Lipinski definition) is 1. The first-order valence-electron chi connectivity index (χ1n) is 9.33. The monoisotopic (exact) mass is 321 g/mol. The topological polar surface area (TPSA) is 29.9 Å². The number of aromatic nitrogens is 2. The Balaban J connectivity index is 0.000000231. The zero-order chi connectivity index (χ0) is 17.8. The zero-order valence-electron chi connectivity index (χ0n) is 16.9. The lowest BCUT2D eigenvalue weighted by atomic mass is 9.90. The summed E-state index contributed by atoms with van der Waals surface area (Å²) in [5.41, 5.74) is 1.52. The van der Waals surface area contributed by atoms with Crippen molar-refractivity contribution >= 4 is 0 Å². The van der Waals surface area contributed by atoms with E-state index in [1.807, 2.05) is 10.9 Å². The quantitative estimate of drug-likeness (QED) is 0.831. The van der Waals surface area contributed by atoms with Crippen LogP contribution in [-0.2, 0) is 5.41 Å². The van der Waals surface area contributed by atoms with Crippen molar-refractivity contribution in [3.8, 4) is 0 Å². The van der Waals surface area contributed by atoms with E-state index >= 15 is 0 Å². The summed E-state index contributed by atoms with van der Waals surface area (Å²) in [6.07, 6.45) is 6.84. The second-order valence-corrected chi connectivity index (χ2v) is 9.00. The average Bonchev–Trinajstić information content (AvgIpc) is 3.08. The van der Waals surface area contributed by atoms with Crippen molar-refractivity contribution < 1.29 is 0 Å². The molecular weight excluding hydrogens is 282 g/mol. The second kappa shape index (κ2) is 8.32. The SMILES string of the molecule is CC(C)C1CCC(C(C)C)N1.CC(C)n1cc(C(C)(C)C)cn1. The standard InChI is InChI=1S/C10H18N2.C10H21N/c1-8(2)12-7-9(6-11-12)10(3,4)5;1-7(2)9-5-6-10(11-9)8(3)4/h6-8H,1-5H3;7-11H,5-6H2,1-4H3. The molecule has 1 saturated heterocycles. The van der Waals surface area contributed by atoms with Crippen LogP contribution in [0.4, 0.5) is 0 Å². The lowest BCUT2D eigenvalue weighted by Gasteiger charge is -2.19. The Morgan fingerprint density at radius 3 is 1.70 bits per heavy atom. The highest BCUT2D eigenvalue weighted by molar-refractivity contribution is 5.15. The van der Waals surface area contributed by atoms with E-state index in [2.05, 4.69) is 78.9 Å². The molecule has 23 heavy (non-hydrogen) atoms. The van der Waals surface area contributed by atoms with Gasteiger partial charge in [-0.2, -0.15) is 5.10 Å². The molecule has 0 radical (unpaired) electrons. The predicted octanol–water partition coefficient (Wildman–Crippen LogP) is 5.18. The molecule has 0 aliphatic carbocycles. The normalized spacial score (nSPS) is 21.9. The summed E-state index contributed by atoms with van der Waals surface area (Å²) in [6, 6.07) is 2.02. The Kier molecular flexibility index (Phi) is 7.31. The lowest BCUT2D eigenvalue weighted by Crippen LogP contribution is -2.35. The van der Waals surface area contributed by atoms with E-state index in [9.17, 15) is 0 Å². The van der Waals surface area contributed by atoms with Crippen LogP contribution in [0.3, 0.4) is 0 Å². The van der Waals surface area contributed by atoms with Gasteiger partial charge in [-0.05, 0) is 49.5 Å². The van der Waals surface area contributed by atoms with Crippen molar-refractivity contribution in [2.45, 2.75) is 98.7 Å². The van der Waals surface area contributed by atoms with Crippen LogP contribution in [0.1, 0.15) is 86.8 Å². The van der Waals surface area contributed by atoms with Crippen molar-refractivity contribution in [3.63, 3.8) is 0 Å². The second-order valence-electron chi connectivity index (χ2n) is 9.00. The number of nitrogens with zero attached hydrogens (tertiary/aromatic N) is 2. The molecule has 0 amide bonds. The van der Waals surface area contributed by atoms with Gasteiger partial charge >= 0.3 is 0 Å². The first-order chi connectivity index (χ1) is 10.5. The van der Waals surface area contributed by atoms with E-state index in [0.717, 1.165) is 23.9 Å². The van der Waals surface area contributed by atoms with Gasteiger partial charge in [-0.25, -0.2) is 0 Å². The maximum Gasteiger partial charge on any atom is 0.0527 e. The van der Waals surface area contributed by atoms with Gasteiger partial charge in [0, 0.05) is 24.3 Å². The van der Waals surface area contributed by atoms with Crippen LogP contribution in [0.15, 0.2) is 12.4 Å². The molecule has 0 aromatic carbocycles.